The van der Waals surface area contributed by atoms with Gasteiger partial charge in [-0.1, -0.05) is 13.8 Å². The minimum atomic E-state index is 0.122. The highest BCUT2D eigenvalue weighted by atomic mass is 16.5. The average molecular weight is 235 g/mol. The molecule has 0 atom stereocenters. The molecule has 1 aromatic rings. The first kappa shape index (κ1) is 13.7. The second-order valence-corrected chi connectivity index (χ2v) is 4.51. The van der Waals surface area contributed by atoms with Crippen LogP contribution in [0.1, 0.15) is 30.6 Å². The summed E-state index contributed by atoms with van der Waals surface area (Å²) in [5.74, 6) is 1.56. The van der Waals surface area contributed by atoms with E-state index in [2.05, 4.69) is 19.2 Å². The quantitative estimate of drug-likeness (QED) is 0.583. The zero-order valence-corrected chi connectivity index (χ0v) is 10.8. The third-order valence-electron chi connectivity index (χ3n) is 2.60. The molecule has 0 saturated carbocycles. The van der Waals surface area contributed by atoms with Gasteiger partial charge in [0.2, 0.25) is 0 Å². The van der Waals surface area contributed by atoms with Crippen molar-refractivity contribution in [3.8, 4) is 5.75 Å². The number of Topliss-reactive ketones (excluding diaryl/α,β-unsaturated/α-hetero) is 1. The van der Waals surface area contributed by atoms with Crippen molar-refractivity contribution in [2.75, 3.05) is 20.2 Å². The van der Waals surface area contributed by atoms with Crippen molar-refractivity contribution < 1.29 is 9.53 Å². The molecule has 0 aromatic heterocycles. The van der Waals surface area contributed by atoms with Gasteiger partial charge in [-0.15, -0.1) is 0 Å². The van der Waals surface area contributed by atoms with Crippen LogP contribution in [-0.2, 0) is 0 Å². The Morgan fingerprint density at radius 3 is 2.47 bits per heavy atom. The monoisotopic (exact) mass is 235 g/mol. The van der Waals surface area contributed by atoms with Gasteiger partial charge in [-0.2, -0.15) is 0 Å². The molecule has 1 rings (SSSR count). The van der Waals surface area contributed by atoms with Crippen molar-refractivity contribution in [2.24, 2.45) is 5.92 Å². The van der Waals surface area contributed by atoms with Crippen molar-refractivity contribution in [3.05, 3.63) is 29.8 Å². The van der Waals surface area contributed by atoms with Crippen LogP contribution in [0, 0.1) is 5.92 Å². The molecule has 0 radical (unpaired) electrons. The maximum atomic E-state index is 11.8. The fraction of sp³-hybridized carbons (Fsp3) is 0.500. The molecule has 0 fully saturated rings. The van der Waals surface area contributed by atoms with E-state index in [0.717, 1.165) is 24.3 Å². The normalized spacial score (nSPS) is 10.6. The molecule has 94 valence electrons. The Labute approximate surface area is 103 Å². The number of ether oxygens (including phenoxy) is 1. The van der Waals surface area contributed by atoms with E-state index in [0.29, 0.717) is 12.5 Å². The van der Waals surface area contributed by atoms with Gasteiger partial charge >= 0.3 is 0 Å². The van der Waals surface area contributed by atoms with Gasteiger partial charge in [0.25, 0.3) is 0 Å². The van der Waals surface area contributed by atoms with Gasteiger partial charge in [0.1, 0.15) is 5.75 Å². The molecule has 0 unspecified atom stereocenters. The summed E-state index contributed by atoms with van der Waals surface area (Å²) in [5, 5.41) is 3.16. The van der Waals surface area contributed by atoms with E-state index < -0.39 is 0 Å². The second-order valence-electron chi connectivity index (χ2n) is 4.51. The lowest BCUT2D eigenvalue weighted by Crippen LogP contribution is -2.24. The molecule has 0 aliphatic heterocycles. The third-order valence-corrected chi connectivity index (χ3v) is 2.60. The van der Waals surface area contributed by atoms with Crippen molar-refractivity contribution in [3.63, 3.8) is 0 Å². The van der Waals surface area contributed by atoms with Crippen LogP contribution in [0.3, 0.4) is 0 Å². The molecule has 1 N–H and O–H groups in total. The van der Waals surface area contributed by atoms with Crippen LogP contribution in [0.2, 0.25) is 0 Å². The summed E-state index contributed by atoms with van der Waals surface area (Å²) in [6.45, 7) is 5.64. The van der Waals surface area contributed by atoms with E-state index in [1.54, 1.807) is 31.4 Å². The van der Waals surface area contributed by atoms with Crippen LogP contribution in [-0.4, -0.2) is 26.0 Å². The number of carbonyl (C=O) groups excluding carboxylic acids is 1. The lowest BCUT2D eigenvalue weighted by molar-refractivity contribution is 0.0991. The van der Waals surface area contributed by atoms with E-state index in [1.165, 1.54) is 0 Å². The van der Waals surface area contributed by atoms with Crippen molar-refractivity contribution >= 4 is 5.78 Å². The smallest absolute Gasteiger partial charge is 0.176 e. The standard InChI is InChI=1S/C14H21NO2/c1-11(2)8-9-15-10-14(16)12-4-6-13(17-3)7-5-12/h4-7,11,15H,8-10H2,1-3H3. The minimum absolute atomic E-state index is 0.122. The lowest BCUT2D eigenvalue weighted by atomic mass is 10.1. The molecule has 3 nitrogen and oxygen atoms in total. The van der Waals surface area contributed by atoms with E-state index in [-0.39, 0.29) is 5.78 Å². The summed E-state index contributed by atoms with van der Waals surface area (Å²) in [6, 6.07) is 7.21. The van der Waals surface area contributed by atoms with E-state index >= 15 is 0 Å². The summed E-state index contributed by atoms with van der Waals surface area (Å²) >= 11 is 0. The first-order chi connectivity index (χ1) is 8.13. The number of benzene rings is 1. The molecular weight excluding hydrogens is 214 g/mol. The topological polar surface area (TPSA) is 38.3 Å². The van der Waals surface area contributed by atoms with Crippen LogP contribution in [0.4, 0.5) is 0 Å². The summed E-state index contributed by atoms with van der Waals surface area (Å²) in [5.41, 5.74) is 0.725. The molecule has 1 aromatic carbocycles. The van der Waals surface area contributed by atoms with Gasteiger partial charge < -0.3 is 10.1 Å². The van der Waals surface area contributed by atoms with Crippen molar-refractivity contribution in [1.82, 2.24) is 5.32 Å². The Hall–Kier alpha value is -1.35. The molecule has 0 aliphatic rings. The predicted octanol–water partition coefficient (Wildman–Crippen LogP) is 2.51. The molecule has 3 heteroatoms. The molecule has 0 heterocycles. The molecule has 0 amide bonds. The van der Waals surface area contributed by atoms with Gasteiger partial charge in [-0.25, -0.2) is 0 Å². The van der Waals surface area contributed by atoms with Crippen molar-refractivity contribution in [2.45, 2.75) is 20.3 Å². The third kappa shape index (κ3) is 5.00. The number of nitrogens with one attached hydrogen (secondary N) is 1. The summed E-state index contributed by atoms with van der Waals surface area (Å²) in [4.78, 5) is 11.8. The highest BCUT2D eigenvalue weighted by molar-refractivity contribution is 5.97. The maximum Gasteiger partial charge on any atom is 0.176 e. The Morgan fingerprint density at radius 2 is 1.94 bits per heavy atom. The number of ketones is 1. The van der Waals surface area contributed by atoms with Gasteiger partial charge in [0, 0.05) is 5.56 Å². The van der Waals surface area contributed by atoms with E-state index in [4.69, 9.17) is 4.74 Å². The molecule has 0 spiro atoms. The number of methoxy groups -OCH3 is 1. The van der Waals surface area contributed by atoms with Crippen LogP contribution in [0.25, 0.3) is 0 Å². The highest BCUT2D eigenvalue weighted by Crippen LogP contribution is 2.11. The van der Waals surface area contributed by atoms with Crippen molar-refractivity contribution in [1.29, 1.82) is 0 Å². The van der Waals surface area contributed by atoms with Crippen LogP contribution in [0.15, 0.2) is 24.3 Å². The fourth-order valence-electron chi connectivity index (χ4n) is 1.47. The van der Waals surface area contributed by atoms with Gasteiger partial charge in [0.05, 0.1) is 13.7 Å². The lowest BCUT2D eigenvalue weighted by Gasteiger charge is -2.06. The van der Waals surface area contributed by atoms with Gasteiger partial charge in [0.15, 0.2) is 5.78 Å². The molecular formula is C14H21NO2. The van der Waals surface area contributed by atoms with E-state index in [9.17, 15) is 4.79 Å². The SMILES string of the molecule is COc1ccc(C(=O)CNCCC(C)C)cc1. The summed E-state index contributed by atoms with van der Waals surface area (Å²) < 4.78 is 5.05. The minimum Gasteiger partial charge on any atom is -0.497 e. The first-order valence-corrected chi connectivity index (χ1v) is 6.01. The van der Waals surface area contributed by atoms with Crippen LogP contribution in [0.5, 0.6) is 5.75 Å². The molecule has 0 bridgehead atoms. The van der Waals surface area contributed by atoms with Crippen LogP contribution >= 0.6 is 0 Å². The summed E-state index contributed by atoms with van der Waals surface area (Å²) in [7, 11) is 1.62. The molecule has 0 aliphatic carbocycles. The fourth-order valence-corrected chi connectivity index (χ4v) is 1.47. The zero-order valence-electron chi connectivity index (χ0n) is 10.8. The maximum absolute atomic E-state index is 11.8. The van der Waals surface area contributed by atoms with Crippen LogP contribution < -0.4 is 10.1 Å². The first-order valence-electron chi connectivity index (χ1n) is 6.01. The Morgan fingerprint density at radius 1 is 1.29 bits per heavy atom. The molecule has 0 saturated heterocycles. The Kier molecular flexibility index (Phi) is 5.70. The Balaban J connectivity index is 2.36. The summed E-state index contributed by atoms with van der Waals surface area (Å²) in [6.07, 6.45) is 1.09. The zero-order chi connectivity index (χ0) is 12.7. The second kappa shape index (κ2) is 7.07. The number of carbonyl (C=O) groups is 1. The molecule has 17 heavy (non-hydrogen) atoms. The number of rotatable bonds is 7. The number of hydrogen-bond acceptors (Lipinski definition) is 3. The largest absolute Gasteiger partial charge is 0.497 e. The Bertz CT molecular complexity index is 344. The van der Waals surface area contributed by atoms with Gasteiger partial charge in [-0.3, -0.25) is 4.79 Å². The average Bonchev–Trinajstić information content (AvgIpc) is 2.34. The number of hydrogen-bond donors (Lipinski definition) is 1. The van der Waals surface area contributed by atoms with Gasteiger partial charge in [-0.05, 0) is 43.1 Å². The van der Waals surface area contributed by atoms with E-state index in [1.807, 2.05) is 0 Å². The highest BCUT2D eigenvalue weighted by Gasteiger charge is 2.05. The predicted molar refractivity (Wildman–Crippen MR) is 69.6 cm³/mol.